The summed E-state index contributed by atoms with van der Waals surface area (Å²) in [5.41, 5.74) is 0. The first-order chi connectivity index (χ1) is 5.59. The van der Waals surface area contributed by atoms with Crippen LogP contribution in [0.2, 0.25) is 0 Å². The van der Waals surface area contributed by atoms with Gasteiger partial charge in [-0.1, -0.05) is 0 Å². The lowest BCUT2D eigenvalue weighted by Crippen LogP contribution is -3.13. The van der Waals surface area contributed by atoms with E-state index in [0.29, 0.717) is 10.9 Å². The van der Waals surface area contributed by atoms with E-state index in [2.05, 4.69) is 4.99 Å². The first kappa shape index (κ1) is 8.20. The third kappa shape index (κ3) is 1.17. The van der Waals surface area contributed by atoms with Crippen molar-refractivity contribution in [1.29, 1.82) is 0 Å². The molecule has 0 aromatic rings. The minimum Gasteiger partial charge on any atom is -0.212 e. The van der Waals surface area contributed by atoms with Crippen LogP contribution >= 0.6 is 11.8 Å². The van der Waals surface area contributed by atoms with Crippen molar-refractivity contribution < 1.29 is 13.4 Å². The number of amidine groups is 1. The fourth-order valence-electron chi connectivity index (χ4n) is 1.01. The topological polar surface area (TPSA) is 80.2 Å². The van der Waals surface area contributed by atoms with E-state index >= 15 is 0 Å². The third-order valence-electron chi connectivity index (χ3n) is 1.54. The Morgan fingerprint density at radius 1 is 1.75 bits per heavy atom. The maximum absolute atomic E-state index is 11.0. The lowest BCUT2D eigenvalue weighted by molar-refractivity contribution is -0.848. The molecule has 0 aromatic carbocycles. The lowest BCUT2D eigenvalue weighted by Gasteiger charge is -2.12. The van der Waals surface area contributed by atoms with Gasteiger partial charge in [-0.05, 0) is 16.2 Å². The van der Waals surface area contributed by atoms with Crippen LogP contribution in [0, 0.1) is 0 Å². The highest BCUT2D eigenvalue weighted by molar-refractivity contribution is 8.14. The summed E-state index contributed by atoms with van der Waals surface area (Å²) in [6.07, 6.45) is 3.20. The van der Waals surface area contributed by atoms with Gasteiger partial charge in [-0.25, -0.2) is 5.14 Å². The van der Waals surface area contributed by atoms with Crippen molar-refractivity contribution in [2.75, 3.05) is 5.88 Å². The summed E-state index contributed by atoms with van der Waals surface area (Å²) in [6, 6.07) is 0. The summed E-state index contributed by atoms with van der Waals surface area (Å²) >= 11 is 1.37. The molecule has 2 rings (SSSR count). The van der Waals surface area contributed by atoms with Gasteiger partial charge in [0.15, 0.2) is 0 Å². The zero-order chi connectivity index (χ0) is 8.77. The fraction of sp³-hybridized carbons (Fsp3) is 0.250. The summed E-state index contributed by atoms with van der Waals surface area (Å²) < 4.78 is 23.1. The molecule has 2 heterocycles. The quantitative estimate of drug-likeness (QED) is 0.514. The molecule has 0 amide bonds. The van der Waals surface area contributed by atoms with E-state index in [0.717, 1.165) is 9.58 Å². The van der Waals surface area contributed by atoms with Crippen LogP contribution < -0.4 is 10.1 Å². The number of nitrogens with zero attached hydrogens (tertiary/aromatic N) is 2. The minimum absolute atomic E-state index is 0.331. The number of nitrogens with one attached hydrogen (secondary N) is 1. The van der Waals surface area contributed by atoms with E-state index in [1.807, 2.05) is 0 Å². The highest BCUT2D eigenvalue weighted by Crippen LogP contribution is 2.12. The molecule has 2 aliphatic rings. The molecule has 1 fully saturated rings. The van der Waals surface area contributed by atoms with E-state index in [9.17, 15) is 8.42 Å². The molecule has 12 heavy (non-hydrogen) atoms. The number of nitrogens with two attached hydrogens (primary N) is 1. The first-order valence-corrected chi connectivity index (χ1v) is 5.63. The molecule has 0 aromatic heterocycles. The Labute approximate surface area is 73.9 Å². The molecule has 8 heteroatoms. The number of hydrogen-bond donors (Lipinski definition) is 2. The molecule has 0 radical (unpaired) electrons. The van der Waals surface area contributed by atoms with Crippen molar-refractivity contribution in [3.05, 3.63) is 12.4 Å². The molecule has 0 spiro atoms. The Morgan fingerprint density at radius 2 is 2.50 bits per heavy atom. The highest BCUT2D eigenvalue weighted by atomic mass is 32.2. The molecule has 0 aliphatic carbocycles. The lowest BCUT2D eigenvalue weighted by atomic mass is 10.9. The molecule has 0 saturated carbocycles. The van der Waals surface area contributed by atoms with Gasteiger partial charge in [-0.15, -0.1) is 0 Å². The van der Waals surface area contributed by atoms with E-state index < -0.39 is 10.2 Å². The van der Waals surface area contributed by atoms with Gasteiger partial charge in [-0.3, -0.25) is 0 Å². The SMILES string of the molecule is NS(=O)(=O)N1CSC2=NC=C[NH+]21. The third-order valence-corrected chi connectivity index (χ3v) is 3.62. The van der Waals surface area contributed by atoms with Crippen molar-refractivity contribution in [3.8, 4) is 0 Å². The second-order valence-corrected chi connectivity index (χ2v) is 4.71. The van der Waals surface area contributed by atoms with Crippen molar-refractivity contribution in [2.45, 2.75) is 0 Å². The van der Waals surface area contributed by atoms with Gasteiger partial charge in [0.25, 0.3) is 5.17 Å². The van der Waals surface area contributed by atoms with Crippen molar-refractivity contribution in [1.82, 2.24) is 4.41 Å². The minimum atomic E-state index is -3.61. The fourth-order valence-corrected chi connectivity index (χ4v) is 3.08. The van der Waals surface area contributed by atoms with Crippen LogP contribution in [0.1, 0.15) is 0 Å². The van der Waals surface area contributed by atoms with Crippen molar-refractivity contribution in [2.24, 2.45) is 10.1 Å². The Bertz CT molecular complexity index is 359. The second kappa shape index (κ2) is 2.54. The maximum atomic E-state index is 11.0. The molecule has 66 valence electrons. The van der Waals surface area contributed by atoms with Gasteiger partial charge >= 0.3 is 10.2 Å². The van der Waals surface area contributed by atoms with Crippen LogP contribution in [0.15, 0.2) is 17.4 Å². The van der Waals surface area contributed by atoms with Gasteiger partial charge in [0.2, 0.25) is 0 Å². The number of aliphatic imine (C=N–C) groups is 1. The van der Waals surface area contributed by atoms with E-state index in [1.54, 1.807) is 12.4 Å². The normalized spacial score (nSPS) is 29.1. The number of thioether (sulfide) groups is 1. The molecular weight excluding hydrogens is 200 g/mol. The predicted octanol–water partition coefficient (Wildman–Crippen LogP) is -2.16. The molecule has 0 bridgehead atoms. The van der Waals surface area contributed by atoms with Gasteiger partial charge in [0.1, 0.15) is 12.1 Å². The number of quaternary nitrogens is 1. The average molecular weight is 207 g/mol. The van der Waals surface area contributed by atoms with Crippen molar-refractivity contribution >= 4 is 27.1 Å². The van der Waals surface area contributed by atoms with Crippen LogP contribution in [0.4, 0.5) is 0 Å². The van der Waals surface area contributed by atoms with E-state index in [4.69, 9.17) is 5.14 Å². The van der Waals surface area contributed by atoms with Crippen LogP contribution in [0.25, 0.3) is 0 Å². The summed E-state index contributed by atoms with van der Waals surface area (Å²) in [6.45, 7) is 0. The molecule has 1 atom stereocenters. The largest absolute Gasteiger partial charge is 0.320 e. The predicted molar refractivity (Wildman–Crippen MR) is 44.9 cm³/mol. The number of rotatable bonds is 1. The maximum Gasteiger partial charge on any atom is 0.320 e. The van der Waals surface area contributed by atoms with Gasteiger partial charge in [0, 0.05) is 0 Å². The highest BCUT2D eigenvalue weighted by Gasteiger charge is 2.41. The number of fused-ring (bicyclic) bond motifs is 1. The summed E-state index contributed by atoms with van der Waals surface area (Å²) in [5, 5.41) is 6.28. The zero-order valence-electron chi connectivity index (χ0n) is 5.97. The van der Waals surface area contributed by atoms with E-state index in [-0.39, 0.29) is 0 Å². The van der Waals surface area contributed by atoms with Gasteiger partial charge in [-0.2, -0.15) is 18.4 Å². The molecule has 6 nitrogen and oxygen atoms in total. The molecule has 3 N–H and O–H groups in total. The smallest absolute Gasteiger partial charge is 0.212 e. The van der Waals surface area contributed by atoms with E-state index in [1.165, 1.54) is 11.8 Å². The van der Waals surface area contributed by atoms with Crippen LogP contribution in [0.5, 0.6) is 0 Å². The Hall–Kier alpha value is -0.410. The molecular formula is C4H7N4O2S2+. The Kier molecular flexibility index (Phi) is 1.73. The average Bonchev–Trinajstić information content (AvgIpc) is 2.37. The van der Waals surface area contributed by atoms with Crippen LogP contribution in [-0.2, 0) is 10.2 Å². The van der Waals surface area contributed by atoms with Gasteiger partial charge < -0.3 is 0 Å². The Morgan fingerprint density at radius 3 is 3.17 bits per heavy atom. The van der Waals surface area contributed by atoms with Crippen LogP contribution in [0.3, 0.4) is 0 Å². The monoisotopic (exact) mass is 207 g/mol. The van der Waals surface area contributed by atoms with Gasteiger partial charge in [0.05, 0.1) is 6.20 Å². The second-order valence-electron chi connectivity index (χ2n) is 2.30. The Balaban J connectivity index is 2.33. The standard InChI is InChI=1S/C4H6N4O2S2/c5-12(9,10)8-3-11-4-6-1-2-7(4)8/h1-2H,3H2,(H2,5,9,10)/p+1. The van der Waals surface area contributed by atoms with Crippen molar-refractivity contribution in [3.63, 3.8) is 0 Å². The summed E-state index contributed by atoms with van der Waals surface area (Å²) in [5.74, 6) is 0.331. The summed E-state index contributed by atoms with van der Waals surface area (Å²) in [4.78, 5) is 3.96. The molecule has 1 unspecified atom stereocenters. The molecule has 2 aliphatic heterocycles. The first-order valence-electron chi connectivity index (χ1n) is 3.14. The zero-order valence-corrected chi connectivity index (χ0v) is 7.60. The number of hydrogen-bond acceptors (Lipinski definition) is 4. The summed E-state index contributed by atoms with van der Waals surface area (Å²) in [7, 11) is -3.61. The van der Waals surface area contributed by atoms with Crippen LogP contribution in [-0.4, -0.2) is 23.9 Å². The molecule has 1 saturated heterocycles.